The quantitative estimate of drug-likeness (QED) is 0.189. The van der Waals surface area contributed by atoms with Gasteiger partial charge in [-0.05, 0) is 73.6 Å². The molecule has 1 amide bonds. The molecule has 0 fully saturated rings. The first kappa shape index (κ1) is 28.4. The minimum absolute atomic E-state index is 0. The van der Waals surface area contributed by atoms with Gasteiger partial charge in [0.25, 0.3) is 0 Å². The van der Waals surface area contributed by atoms with Crippen LogP contribution < -0.4 is 9.64 Å². The molecule has 0 atom stereocenters. The molecule has 0 saturated carbocycles. The number of thioether (sulfide) groups is 1. The summed E-state index contributed by atoms with van der Waals surface area (Å²) in [5.74, 6) is 1.93. The molecule has 0 aliphatic rings. The van der Waals surface area contributed by atoms with Gasteiger partial charge in [-0.2, -0.15) is 0 Å². The third kappa shape index (κ3) is 7.87. The molecule has 3 rings (SSSR count). The second-order valence-corrected chi connectivity index (χ2v) is 10.0. The van der Waals surface area contributed by atoms with Gasteiger partial charge in [0, 0.05) is 24.4 Å². The molecular weight excluding hydrogens is 486 g/mol. The Labute approximate surface area is 218 Å². The van der Waals surface area contributed by atoms with Crippen molar-refractivity contribution in [3.63, 3.8) is 0 Å². The van der Waals surface area contributed by atoms with E-state index >= 15 is 0 Å². The number of nitrogens with zero attached hydrogens (tertiary/aromatic N) is 3. The van der Waals surface area contributed by atoms with E-state index in [1.807, 2.05) is 17.0 Å². The van der Waals surface area contributed by atoms with Crippen LogP contribution in [0.2, 0.25) is 0 Å². The average molecular weight is 522 g/mol. The third-order valence-corrected chi connectivity index (χ3v) is 7.92. The molecule has 3 aromatic rings. The van der Waals surface area contributed by atoms with Crippen LogP contribution >= 0.6 is 35.5 Å². The number of carbonyl (C=O) groups excluding carboxylic acids is 1. The number of fused-ring (bicyclic) bond motifs is 1. The molecule has 8 heteroatoms. The maximum absolute atomic E-state index is 13.3. The Kier molecular flexibility index (Phi) is 12.2. The average Bonchev–Trinajstić information content (AvgIpc) is 3.27. The van der Waals surface area contributed by atoms with Crippen molar-refractivity contribution >= 4 is 56.8 Å². The zero-order chi connectivity index (χ0) is 23.6. The number of rotatable bonds is 13. The largest absolute Gasteiger partial charge is 0.497 e. The summed E-state index contributed by atoms with van der Waals surface area (Å²) < 4.78 is 6.37. The Morgan fingerprint density at radius 3 is 2.44 bits per heavy atom. The van der Waals surface area contributed by atoms with Crippen molar-refractivity contribution in [3.05, 3.63) is 48.0 Å². The van der Waals surface area contributed by atoms with Crippen molar-refractivity contribution in [1.29, 1.82) is 0 Å². The fourth-order valence-corrected chi connectivity index (χ4v) is 5.55. The number of benzene rings is 2. The molecule has 0 N–H and O–H groups in total. The lowest BCUT2D eigenvalue weighted by Crippen LogP contribution is -2.38. The fraction of sp³-hybridized carbons (Fsp3) is 0.462. The number of ether oxygens (including phenoxy) is 1. The number of hydrogen-bond acceptors (Lipinski definition) is 6. The van der Waals surface area contributed by atoms with Crippen LogP contribution in [-0.2, 0) is 11.2 Å². The Balaban J connectivity index is 0.00000408. The van der Waals surface area contributed by atoms with Crippen LogP contribution in [0.25, 0.3) is 10.2 Å². The number of aryl methyl sites for hydroxylation is 1. The molecule has 0 bridgehead atoms. The van der Waals surface area contributed by atoms with Crippen molar-refractivity contribution < 1.29 is 9.53 Å². The number of likely N-dealkylation sites (N-methyl/N-ethyl adjacent to an activating group) is 1. The number of methoxy groups -OCH3 is 1. The second-order valence-electron chi connectivity index (χ2n) is 7.85. The monoisotopic (exact) mass is 521 g/mol. The van der Waals surface area contributed by atoms with Gasteiger partial charge in [0.2, 0.25) is 5.91 Å². The third-order valence-electron chi connectivity index (χ3n) is 5.78. The molecule has 1 heterocycles. The number of amides is 1. The predicted molar refractivity (Wildman–Crippen MR) is 149 cm³/mol. The molecule has 2 aromatic carbocycles. The van der Waals surface area contributed by atoms with E-state index in [0.29, 0.717) is 13.0 Å². The molecule has 0 spiro atoms. The standard InChI is InChI=1S/C26H35N3O2S2.ClH/c1-5-20-10-15-23-24(19-20)33-26(27-23)29(17-16-28(6-2)7-3)25(30)9-8-18-32-22-13-11-21(31-4)12-14-22;/h10-15,19H,5-9,16-18H2,1-4H3;1H. The highest BCUT2D eigenvalue weighted by Gasteiger charge is 2.20. The maximum atomic E-state index is 13.3. The Morgan fingerprint density at radius 1 is 1.06 bits per heavy atom. The van der Waals surface area contributed by atoms with Gasteiger partial charge in [-0.25, -0.2) is 4.98 Å². The van der Waals surface area contributed by atoms with Gasteiger partial charge in [0.05, 0.1) is 17.3 Å². The SMILES string of the molecule is CCc1ccc2nc(N(CCN(CC)CC)C(=O)CCCSc3ccc(OC)cc3)sc2c1.Cl. The summed E-state index contributed by atoms with van der Waals surface area (Å²) in [5.41, 5.74) is 2.28. The van der Waals surface area contributed by atoms with E-state index in [0.717, 1.165) is 59.3 Å². The summed E-state index contributed by atoms with van der Waals surface area (Å²) >= 11 is 3.40. The highest BCUT2D eigenvalue weighted by Crippen LogP contribution is 2.30. The zero-order valence-corrected chi connectivity index (χ0v) is 23.0. The summed E-state index contributed by atoms with van der Waals surface area (Å²) in [7, 11) is 1.67. The van der Waals surface area contributed by atoms with Gasteiger partial charge in [-0.1, -0.05) is 38.2 Å². The molecule has 0 unspecified atom stereocenters. The van der Waals surface area contributed by atoms with E-state index in [-0.39, 0.29) is 18.3 Å². The van der Waals surface area contributed by atoms with E-state index in [2.05, 4.69) is 56.0 Å². The first-order chi connectivity index (χ1) is 16.1. The predicted octanol–water partition coefficient (Wildman–Crippen LogP) is 6.54. The molecule has 1 aromatic heterocycles. The Bertz CT molecular complexity index is 1020. The highest BCUT2D eigenvalue weighted by atomic mass is 35.5. The Morgan fingerprint density at radius 2 is 1.79 bits per heavy atom. The van der Waals surface area contributed by atoms with Crippen LogP contribution in [0.1, 0.15) is 39.2 Å². The van der Waals surface area contributed by atoms with Gasteiger partial charge in [-0.15, -0.1) is 24.2 Å². The maximum Gasteiger partial charge on any atom is 0.228 e. The smallest absolute Gasteiger partial charge is 0.228 e. The molecule has 186 valence electrons. The number of thiazole rings is 1. The van der Waals surface area contributed by atoms with Crippen molar-refractivity contribution in [2.24, 2.45) is 0 Å². The molecule has 0 saturated heterocycles. The van der Waals surface area contributed by atoms with E-state index in [1.165, 1.54) is 10.5 Å². The molecule has 0 radical (unpaired) electrons. The summed E-state index contributed by atoms with van der Waals surface area (Å²) in [6.07, 6.45) is 2.36. The molecule has 0 aliphatic carbocycles. The van der Waals surface area contributed by atoms with Crippen LogP contribution in [0, 0.1) is 0 Å². The lowest BCUT2D eigenvalue weighted by atomic mass is 10.2. The van der Waals surface area contributed by atoms with E-state index in [4.69, 9.17) is 9.72 Å². The molecule has 0 aliphatic heterocycles. The first-order valence-corrected chi connectivity index (χ1v) is 13.6. The number of hydrogen-bond donors (Lipinski definition) is 0. The van der Waals surface area contributed by atoms with Gasteiger partial charge >= 0.3 is 0 Å². The van der Waals surface area contributed by atoms with Gasteiger partial charge in [0.1, 0.15) is 5.75 Å². The van der Waals surface area contributed by atoms with Crippen LogP contribution in [0.4, 0.5) is 5.13 Å². The van der Waals surface area contributed by atoms with Crippen molar-refractivity contribution in [2.75, 3.05) is 43.9 Å². The fourth-order valence-electron chi connectivity index (χ4n) is 3.62. The van der Waals surface area contributed by atoms with E-state index in [1.54, 1.807) is 30.2 Å². The summed E-state index contributed by atoms with van der Waals surface area (Å²) in [5, 5.41) is 0.818. The topological polar surface area (TPSA) is 45.7 Å². The molecular formula is C26H36ClN3O2S2. The minimum atomic E-state index is 0. The van der Waals surface area contributed by atoms with Gasteiger partial charge < -0.3 is 9.64 Å². The van der Waals surface area contributed by atoms with Crippen LogP contribution in [-0.4, -0.2) is 54.8 Å². The molecule has 34 heavy (non-hydrogen) atoms. The van der Waals surface area contributed by atoms with Crippen LogP contribution in [0.3, 0.4) is 0 Å². The van der Waals surface area contributed by atoms with Crippen molar-refractivity contribution in [2.45, 2.75) is 44.9 Å². The zero-order valence-electron chi connectivity index (χ0n) is 20.6. The summed E-state index contributed by atoms with van der Waals surface area (Å²) in [6.45, 7) is 9.98. The van der Waals surface area contributed by atoms with Gasteiger partial charge in [-0.3, -0.25) is 9.69 Å². The summed E-state index contributed by atoms with van der Waals surface area (Å²) in [4.78, 5) is 23.5. The van der Waals surface area contributed by atoms with Gasteiger partial charge in [0.15, 0.2) is 5.13 Å². The lowest BCUT2D eigenvalue weighted by molar-refractivity contribution is -0.118. The lowest BCUT2D eigenvalue weighted by Gasteiger charge is -2.24. The number of halogens is 1. The van der Waals surface area contributed by atoms with E-state index < -0.39 is 0 Å². The molecule has 5 nitrogen and oxygen atoms in total. The highest BCUT2D eigenvalue weighted by molar-refractivity contribution is 7.99. The number of carbonyl (C=O) groups is 1. The number of anilines is 1. The Hall–Kier alpha value is -1.80. The number of aromatic nitrogens is 1. The van der Waals surface area contributed by atoms with E-state index in [9.17, 15) is 4.79 Å². The van der Waals surface area contributed by atoms with Crippen molar-refractivity contribution in [1.82, 2.24) is 9.88 Å². The first-order valence-electron chi connectivity index (χ1n) is 11.8. The summed E-state index contributed by atoms with van der Waals surface area (Å²) in [6, 6.07) is 14.5. The van der Waals surface area contributed by atoms with Crippen LogP contribution in [0.5, 0.6) is 5.75 Å². The minimum Gasteiger partial charge on any atom is -0.497 e. The van der Waals surface area contributed by atoms with Crippen molar-refractivity contribution in [3.8, 4) is 5.75 Å². The van der Waals surface area contributed by atoms with Crippen LogP contribution in [0.15, 0.2) is 47.4 Å². The second kappa shape index (κ2) is 14.6. The normalized spacial score (nSPS) is 11.0.